The van der Waals surface area contributed by atoms with Crippen molar-refractivity contribution in [3.63, 3.8) is 0 Å². The number of ether oxygens (including phenoxy) is 1. The molecule has 0 aromatic heterocycles. The zero-order chi connectivity index (χ0) is 9.84. The van der Waals surface area contributed by atoms with Gasteiger partial charge in [-0.2, -0.15) is 0 Å². The lowest BCUT2D eigenvalue weighted by Gasteiger charge is -2.02. The Labute approximate surface area is 83.8 Å². The van der Waals surface area contributed by atoms with Crippen molar-refractivity contribution < 1.29 is 9.66 Å². The fraction of sp³-hybridized carbons (Fsp3) is 0.250. The lowest BCUT2D eigenvalue weighted by molar-refractivity contribution is -0.385. The van der Waals surface area contributed by atoms with Gasteiger partial charge < -0.3 is 4.74 Å². The highest BCUT2D eigenvalue weighted by atomic mass is 79.9. The summed E-state index contributed by atoms with van der Waals surface area (Å²) in [4.78, 5) is 10.1. The maximum atomic E-state index is 10.5. The van der Waals surface area contributed by atoms with E-state index in [-0.39, 0.29) is 5.69 Å². The SMILES string of the molecule is Cc1ccc(OCBr)cc1[N+](=O)[O-]. The van der Waals surface area contributed by atoms with Crippen LogP contribution in [0.1, 0.15) is 5.56 Å². The number of nitrogens with zero attached hydrogens (tertiary/aromatic N) is 1. The van der Waals surface area contributed by atoms with Crippen LogP contribution in [0.4, 0.5) is 5.69 Å². The standard InChI is InChI=1S/C8H8BrNO3/c1-6-2-3-7(13-5-9)4-8(6)10(11)12/h2-4H,5H2,1H3. The van der Waals surface area contributed by atoms with Gasteiger partial charge in [-0.3, -0.25) is 10.1 Å². The van der Waals surface area contributed by atoms with Gasteiger partial charge in [0, 0.05) is 5.56 Å². The number of rotatable bonds is 3. The topological polar surface area (TPSA) is 52.4 Å². The first kappa shape index (κ1) is 9.98. The van der Waals surface area contributed by atoms with E-state index in [0.717, 1.165) is 0 Å². The molecule has 0 saturated carbocycles. The van der Waals surface area contributed by atoms with Crippen molar-refractivity contribution in [1.82, 2.24) is 0 Å². The first-order valence-electron chi connectivity index (χ1n) is 3.59. The van der Waals surface area contributed by atoms with Gasteiger partial charge in [0.1, 0.15) is 11.3 Å². The number of aryl methyl sites for hydroxylation is 1. The minimum absolute atomic E-state index is 0.0819. The molecule has 0 amide bonds. The minimum Gasteiger partial charge on any atom is -0.482 e. The third kappa shape index (κ3) is 2.42. The van der Waals surface area contributed by atoms with E-state index in [4.69, 9.17) is 4.74 Å². The van der Waals surface area contributed by atoms with Crippen LogP contribution in [0, 0.1) is 17.0 Å². The van der Waals surface area contributed by atoms with Gasteiger partial charge in [-0.1, -0.05) is 0 Å². The highest BCUT2D eigenvalue weighted by molar-refractivity contribution is 9.09. The summed E-state index contributed by atoms with van der Waals surface area (Å²) in [5.41, 5.74) is 1.04. The minimum atomic E-state index is -0.420. The molecule has 0 N–H and O–H groups in total. The van der Waals surface area contributed by atoms with Crippen molar-refractivity contribution in [3.05, 3.63) is 33.9 Å². The summed E-state index contributed by atoms with van der Waals surface area (Å²) >= 11 is 3.07. The molecule has 1 aromatic rings. The van der Waals surface area contributed by atoms with Gasteiger partial charge in [-0.05, 0) is 35.0 Å². The van der Waals surface area contributed by atoms with Gasteiger partial charge >= 0.3 is 0 Å². The summed E-state index contributed by atoms with van der Waals surface area (Å²) in [6.45, 7) is 1.69. The molecule has 70 valence electrons. The summed E-state index contributed by atoms with van der Waals surface area (Å²) < 4.78 is 5.06. The number of benzene rings is 1. The van der Waals surface area contributed by atoms with E-state index < -0.39 is 4.92 Å². The fourth-order valence-corrected chi connectivity index (χ4v) is 1.20. The normalized spacial score (nSPS) is 9.69. The molecule has 0 radical (unpaired) electrons. The Morgan fingerprint density at radius 1 is 1.62 bits per heavy atom. The maximum absolute atomic E-state index is 10.5. The molecule has 1 aromatic carbocycles. The van der Waals surface area contributed by atoms with Gasteiger partial charge in [0.2, 0.25) is 0 Å². The quantitative estimate of drug-likeness (QED) is 0.468. The van der Waals surface area contributed by atoms with Gasteiger partial charge in [0.05, 0.1) is 11.0 Å². The summed E-state index contributed by atoms with van der Waals surface area (Å²) in [5.74, 6) is 0.495. The van der Waals surface area contributed by atoms with Crippen LogP contribution in [0.5, 0.6) is 5.75 Å². The second-order valence-corrected chi connectivity index (χ2v) is 2.92. The lowest BCUT2D eigenvalue weighted by atomic mass is 10.2. The lowest BCUT2D eigenvalue weighted by Crippen LogP contribution is -1.94. The van der Waals surface area contributed by atoms with Gasteiger partial charge in [0.15, 0.2) is 0 Å². The van der Waals surface area contributed by atoms with Crippen LogP contribution in [0.3, 0.4) is 0 Å². The molecule has 0 atom stereocenters. The second-order valence-electron chi connectivity index (χ2n) is 2.46. The van der Waals surface area contributed by atoms with Crippen molar-refractivity contribution in [2.75, 3.05) is 5.52 Å². The summed E-state index contributed by atoms with van der Waals surface area (Å²) in [6.07, 6.45) is 0. The van der Waals surface area contributed by atoms with E-state index in [1.54, 1.807) is 19.1 Å². The van der Waals surface area contributed by atoms with Gasteiger partial charge in [-0.25, -0.2) is 0 Å². The predicted octanol–water partition coefficient (Wildman–Crippen LogP) is 2.63. The third-order valence-corrected chi connectivity index (χ3v) is 1.83. The zero-order valence-electron chi connectivity index (χ0n) is 6.99. The Morgan fingerprint density at radius 2 is 2.31 bits per heavy atom. The first-order valence-corrected chi connectivity index (χ1v) is 4.71. The molecule has 1 rings (SSSR count). The van der Waals surface area contributed by atoms with Crippen molar-refractivity contribution in [2.45, 2.75) is 6.92 Å². The highest BCUT2D eigenvalue weighted by Gasteiger charge is 2.10. The number of alkyl halides is 1. The molecule has 0 unspecified atom stereocenters. The maximum Gasteiger partial charge on any atom is 0.276 e. The Bertz CT molecular complexity index is 327. The van der Waals surface area contributed by atoms with Crippen LogP contribution < -0.4 is 4.74 Å². The third-order valence-electron chi connectivity index (χ3n) is 1.60. The molecule has 4 nitrogen and oxygen atoms in total. The Balaban J connectivity index is 3.04. The summed E-state index contributed by atoms with van der Waals surface area (Å²) in [5, 5.41) is 10.5. The molecule has 0 heterocycles. The molecular weight excluding hydrogens is 238 g/mol. The van der Waals surface area contributed by atoms with Crippen molar-refractivity contribution in [1.29, 1.82) is 0 Å². The Hall–Kier alpha value is -1.10. The molecule has 0 fully saturated rings. The largest absolute Gasteiger partial charge is 0.482 e. The van der Waals surface area contributed by atoms with E-state index in [9.17, 15) is 10.1 Å². The Kier molecular flexibility index (Phi) is 3.25. The molecule has 0 bridgehead atoms. The van der Waals surface area contributed by atoms with Crippen LogP contribution >= 0.6 is 15.9 Å². The van der Waals surface area contributed by atoms with E-state index in [2.05, 4.69) is 15.9 Å². The Morgan fingerprint density at radius 3 is 2.85 bits per heavy atom. The van der Waals surface area contributed by atoms with Crippen LogP contribution in [-0.2, 0) is 0 Å². The predicted molar refractivity (Wildman–Crippen MR) is 52.3 cm³/mol. The van der Waals surface area contributed by atoms with Gasteiger partial charge in [-0.15, -0.1) is 0 Å². The average molecular weight is 246 g/mol. The van der Waals surface area contributed by atoms with E-state index in [0.29, 0.717) is 16.8 Å². The molecule has 0 aliphatic carbocycles. The molecule has 5 heteroatoms. The molecular formula is C8H8BrNO3. The fourth-order valence-electron chi connectivity index (χ4n) is 0.939. The smallest absolute Gasteiger partial charge is 0.276 e. The van der Waals surface area contributed by atoms with E-state index >= 15 is 0 Å². The number of hydrogen-bond acceptors (Lipinski definition) is 3. The average Bonchev–Trinajstić information content (AvgIpc) is 2.08. The molecule has 0 aliphatic rings. The summed E-state index contributed by atoms with van der Waals surface area (Å²) in [7, 11) is 0. The van der Waals surface area contributed by atoms with Crippen molar-refractivity contribution in [2.24, 2.45) is 0 Å². The zero-order valence-corrected chi connectivity index (χ0v) is 8.58. The number of nitro benzene ring substituents is 1. The molecule has 13 heavy (non-hydrogen) atoms. The van der Waals surface area contributed by atoms with Crippen LogP contribution in [0.2, 0.25) is 0 Å². The first-order chi connectivity index (χ1) is 6.15. The second kappa shape index (κ2) is 4.23. The monoisotopic (exact) mass is 245 g/mol. The molecule has 0 spiro atoms. The molecule has 0 aliphatic heterocycles. The van der Waals surface area contributed by atoms with Crippen LogP contribution in [-0.4, -0.2) is 10.4 Å². The number of hydrogen-bond donors (Lipinski definition) is 0. The van der Waals surface area contributed by atoms with Gasteiger partial charge in [0.25, 0.3) is 5.69 Å². The summed E-state index contributed by atoms with van der Waals surface area (Å²) in [6, 6.07) is 4.77. The van der Waals surface area contributed by atoms with E-state index in [1.807, 2.05) is 0 Å². The van der Waals surface area contributed by atoms with Crippen molar-refractivity contribution >= 4 is 21.6 Å². The highest BCUT2D eigenvalue weighted by Crippen LogP contribution is 2.23. The van der Waals surface area contributed by atoms with Crippen LogP contribution in [0.25, 0.3) is 0 Å². The molecule has 0 saturated heterocycles. The number of halogens is 1. The van der Waals surface area contributed by atoms with Crippen molar-refractivity contribution in [3.8, 4) is 5.75 Å². The van der Waals surface area contributed by atoms with Crippen LogP contribution in [0.15, 0.2) is 18.2 Å². The number of nitro groups is 1. The van der Waals surface area contributed by atoms with E-state index in [1.165, 1.54) is 6.07 Å².